The van der Waals surface area contributed by atoms with Crippen molar-refractivity contribution in [3.63, 3.8) is 0 Å². The maximum atomic E-state index is 13.9. The molecular formula is C22H27F2N3O5S. The zero-order chi connectivity index (χ0) is 24.5. The van der Waals surface area contributed by atoms with Crippen LogP contribution in [0.4, 0.5) is 14.5 Å². The minimum absolute atomic E-state index is 0.0168. The molecule has 1 N–H and O–H groups in total. The molecule has 1 saturated heterocycles. The molecule has 0 unspecified atom stereocenters. The number of rotatable bonds is 6. The molecule has 33 heavy (non-hydrogen) atoms. The van der Waals surface area contributed by atoms with Crippen molar-refractivity contribution in [2.45, 2.75) is 38.5 Å². The van der Waals surface area contributed by atoms with Crippen LogP contribution < -0.4 is 5.32 Å². The molecule has 0 aliphatic carbocycles. The van der Waals surface area contributed by atoms with Gasteiger partial charge >= 0.3 is 5.97 Å². The molecule has 11 heteroatoms. The molecule has 0 radical (unpaired) electrons. The van der Waals surface area contributed by atoms with Crippen molar-refractivity contribution in [2.24, 2.45) is 13.0 Å². The number of carbonyl (C=O) groups excluding carboxylic acids is 2. The van der Waals surface area contributed by atoms with E-state index in [4.69, 9.17) is 4.74 Å². The van der Waals surface area contributed by atoms with Gasteiger partial charge in [0.05, 0.1) is 18.2 Å². The molecule has 1 atom stereocenters. The molecule has 0 bridgehead atoms. The van der Waals surface area contributed by atoms with E-state index in [1.165, 1.54) is 4.31 Å². The van der Waals surface area contributed by atoms with Gasteiger partial charge in [0.25, 0.3) is 0 Å². The molecular weight excluding hydrogens is 456 g/mol. The molecule has 8 nitrogen and oxygen atoms in total. The number of anilines is 1. The Hall–Kier alpha value is -2.79. The predicted molar refractivity (Wildman–Crippen MR) is 117 cm³/mol. The molecule has 1 aromatic carbocycles. The van der Waals surface area contributed by atoms with Gasteiger partial charge in [0.2, 0.25) is 15.9 Å². The van der Waals surface area contributed by atoms with Crippen LogP contribution in [-0.2, 0) is 26.6 Å². The van der Waals surface area contributed by atoms with Gasteiger partial charge in [0, 0.05) is 37.6 Å². The molecule has 1 aliphatic heterocycles. The Balaban J connectivity index is 1.88. The zero-order valence-electron chi connectivity index (χ0n) is 18.9. The maximum absolute atomic E-state index is 13.9. The summed E-state index contributed by atoms with van der Waals surface area (Å²) in [5.74, 6) is -3.72. The average molecular weight is 484 g/mol. The third-order valence-corrected chi connectivity index (χ3v) is 7.97. The Morgan fingerprint density at radius 1 is 1.21 bits per heavy atom. The van der Waals surface area contributed by atoms with Gasteiger partial charge in [-0.25, -0.2) is 22.0 Å². The number of amides is 1. The van der Waals surface area contributed by atoms with Crippen molar-refractivity contribution in [3.05, 3.63) is 46.8 Å². The highest BCUT2D eigenvalue weighted by atomic mass is 32.2. The highest BCUT2D eigenvalue weighted by Gasteiger charge is 2.39. The van der Waals surface area contributed by atoms with Crippen LogP contribution in [-0.4, -0.2) is 48.9 Å². The summed E-state index contributed by atoms with van der Waals surface area (Å²) in [5.41, 5.74) is 0.649. The molecule has 1 amide bonds. The van der Waals surface area contributed by atoms with Crippen molar-refractivity contribution >= 4 is 27.6 Å². The van der Waals surface area contributed by atoms with E-state index in [1.54, 1.807) is 32.4 Å². The fourth-order valence-corrected chi connectivity index (χ4v) is 6.01. The molecule has 1 aliphatic rings. The second kappa shape index (κ2) is 9.60. The number of nitrogens with zero attached hydrogens (tertiary/aromatic N) is 2. The first kappa shape index (κ1) is 24.8. The van der Waals surface area contributed by atoms with E-state index in [9.17, 15) is 26.8 Å². The van der Waals surface area contributed by atoms with Crippen LogP contribution in [0.1, 0.15) is 41.5 Å². The van der Waals surface area contributed by atoms with Crippen molar-refractivity contribution < 1.29 is 31.5 Å². The predicted octanol–water partition coefficient (Wildman–Crippen LogP) is 3.14. The molecule has 1 fully saturated rings. The SMILES string of the molecule is CCOC(=O)c1c(S(=O)(=O)N2CCC[C@H](C(=O)Nc3ccc(F)cc3F)C2)c(C)n(C)c1C. The number of hydrogen-bond donors (Lipinski definition) is 1. The zero-order valence-corrected chi connectivity index (χ0v) is 19.8. The van der Waals surface area contributed by atoms with Crippen LogP contribution in [0.3, 0.4) is 0 Å². The molecule has 3 rings (SSSR count). The first-order chi connectivity index (χ1) is 15.5. The number of benzene rings is 1. The monoisotopic (exact) mass is 483 g/mol. The van der Waals surface area contributed by atoms with Crippen molar-refractivity contribution in [1.82, 2.24) is 8.87 Å². The van der Waals surface area contributed by atoms with Gasteiger partial charge in [0.1, 0.15) is 22.1 Å². The number of aromatic nitrogens is 1. The lowest BCUT2D eigenvalue weighted by Crippen LogP contribution is -2.44. The normalized spacial score (nSPS) is 17.1. The van der Waals surface area contributed by atoms with Gasteiger partial charge in [-0.05, 0) is 45.7 Å². The van der Waals surface area contributed by atoms with E-state index in [-0.39, 0.29) is 35.8 Å². The van der Waals surface area contributed by atoms with E-state index in [0.717, 1.165) is 12.1 Å². The number of ether oxygens (including phenoxy) is 1. The Kier molecular flexibility index (Phi) is 7.23. The van der Waals surface area contributed by atoms with Gasteiger partial charge in [-0.3, -0.25) is 4.79 Å². The smallest absolute Gasteiger partial charge is 0.341 e. The van der Waals surface area contributed by atoms with E-state index in [0.29, 0.717) is 30.3 Å². The summed E-state index contributed by atoms with van der Waals surface area (Å²) in [6.07, 6.45) is 0.807. The molecule has 2 aromatic rings. The topological polar surface area (TPSA) is 97.7 Å². The van der Waals surface area contributed by atoms with Crippen LogP contribution in [0, 0.1) is 31.4 Å². The van der Waals surface area contributed by atoms with E-state index >= 15 is 0 Å². The van der Waals surface area contributed by atoms with Crippen LogP contribution in [0.2, 0.25) is 0 Å². The summed E-state index contributed by atoms with van der Waals surface area (Å²) in [6, 6.07) is 2.79. The fourth-order valence-electron chi connectivity index (χ4n) is 4.01. The van der Waals surface area contributed by atoms with Gasteiger partial charge < -0.3 is 14.6 Å². The van der Waals surface area contributed by atoms with E-state index < -0.39 is 39.5 Å². The van der Waals surface area contributed by atoms with E-state index in [1.807, 2.05) is 0 Å². The summed E-state index contributed by atoms with van der Waals surface area (Å²) < 4.78 is 62.1. The quantitative estimate of drug-likeness (QED) is 0.637. The molecule has 1 aromatic heterocycles. The first-order valence-electron chi connectivity index (χ1n) is 10.6. The number of carbonyl (C=O) groups is 2. The maximum Gasteiger partial charge on any atom is 0.341 e. The summed E-state index contributed by atoms with van der Waals surface area (Å²) in [6.45, 7) is 5.02. The standard InChI is InChI=1S/C22H27F2N3O5S/c1-5-32-22(29)19-13(2)26(4)14(3)20(19)33(30,31)27-10-6-7-15(12-27)21(28)25-18-9-8-16(23)11-17(18)24/h8-9,11,15H,5-7,10,12H2,1-4H3,(H,25,28)/t15-/m0/s1. The van der Waals surface area contributed by atoms with Crippen molar-refractivity contribution in [3.8, 4) is 0 Å². The van der Waals surface area contributed by atoms with Crippen LogP contribution in [0.15, 0.2) is 23.1 Å². The second-order valence-corrected chi connectivity index (χ2v) is 9.84. The minimum Gasteiger partial charge on any atom is -0.462 e. The summed E-state index contributed by atoms with van der Waals surface area (Å²) in [4.78, 5) is 25.2. The Morgan fingerprint density at radius 2 is 1.91 bits per heavy atom. The van der Waals surface area contributed by atoms with Gasteiger partial charge in [-0.2, -0.15) is 4.31 Å². The van der Waals surface area contributed by atoms with Crippen LogP contribution in [0.5, 0.6) is 0 Å². The molecule has 0 saturated carbocycles. The minimum atomic E-state index is -4.13. The lowest BCUT2D eigenvalue weighted by Gasteiger charge is -2.31. The number of piperidine rings is 1. The summed E-state index contributed by atoms with van der Waals surface area (Å²) in [5, 5.41) is 2.41. The Morgan fingerprint density at radius 3 is 2.55 bits per heavy atom. The lowest BCUT2D eigenvalue weighted by molar-refractivity contribution is -0.120. The van der Waals surface area contributed by atoms with Crippen molar-refractivity contribution in [1.29, 1.82) is 0 Å². The third kappa shape index (κ3) is 4.79. The summed E-state index contributed by atoms with van der Waals surface area (Å²) in [7, 11) is -2.47. The second-order valence-electron chi connectivity index (χ2n) is 7.97. The van der Waals surface area contributed by atoms with Gasteiger partial charge in [-0.1, -0.05) is 0 Å². The molecule has 2 heterocycles. The van der Waals surface area contributed by atoms with Gasteiger partial charge in [0.15, 0.2) is 0 Å². The number of nitrogens with one attached hydrogen (secondary N) is 1. The number of sulfonamides is 1. The average Bonchev–Trinajstić information content (AvgIpc) is 3.00. The van der Waals surface area contributed by atoms with Gasteiger partial charge in [-0.15, -0.1) is 0 Å². The fraction of sp³-hybridized carbons (Fsp3) is 0.455. The Labute approximate surface area is 191 Å². The number of hydrogen-bond acceptors (Lipinski definition) is 5. The third-order valence-electron chi connectivity index (χ3n) is 5.95. The van der Waals surface area contributed by atoms with E-state index in [2.05, 4.69) is 5.32 Å². The summed E-state index contributed by atoms with van der Waals surface area (Å²) >= 11 is 0. The number of halogens is 2. The molecule has 0 spiro atoms. The highest BCUT2D eigenvalue weighted by molar-refractivity contribution is 7.89. The lowest BCUT2D eigenvalue weighted by atomic mass is 9.98. The van der Waals surface area contributed by atoms with Crippen LogP contribution >= 0.6 is 0 Å². The first-order valence-corrected chi connectivity index (χ1v) is 12.0. The largest absolute Gasteiger partial charge is 0.462 e. The molecule has 180 valence electrons. The number of esters is 1. The van der Waals surface area contributed by atoms with Crippen LogP contribution in [0.25, 0.3) is 0 Å². The Bertz CT molecular complexity index is 1190. The van der Waals surface area contributed by atoms with Crippen molar-refractivity contribution in [2.75, 3.05) is 25.0 Å². The highest BCUT2D eigenvalue weighted by Crippen LogP contribution is 2.32.